The van der Waals surface area contributed by atoms with Gasteiger partial charge in [0, 0.05) is 6.07 Å². The van der Waals surface area contributed by atoms with Gasteiger partial charge in [0.15, 0.2) is 6.10 Å². The zero-order valence-corrected chi connectivity index (χ0v) is 13.8. The number of ether oxygens (including phenoxy) is 3. The molecular formula is C18H21NO4. The summed E-state index contributed by atoms with van der Waals surface area (Å²) in [6.07, 6.45) is -0.636. The van der Waals surface area contributed by atoms with Crippen LogP contribution in [0.3, 0.4) is 0 Å². The summed E-state index contributed by atoms with van der Waals surface area (Å²) in [5.41, 5.74) is 1.55. The van der Waals surface area contributed by atoms with Gasteiger partial charge in [-0.2, -0.15) is 0 Å². The highest BCUT2D eigenvalue weighted by Crippen LogP contribution is 2.29. The second-order valence-electron chi connectivity index (χ2n) is 5.08. The third-order valence-corrected chi connectivity index (χ3v) is 3.43. The van der Waals surface area contributed by atoms with Gasteiger partial charge in [-0.25, -0.2) is 0 Å². The molecule has 2 aromatic rings. The molecule has 0 unspecified atom stereocenters. The molecule has 2 rings (SSSR count). The zero-order chi connectivity index (χ0) is 16.8. The van der Waals surface area contributed by atoms with Crippen LogP contribution in [-0.4, -0.2) is 26.2 Å². The second kappa shape index (κ2) is 7.54. The third-order valence-electron chi connectivity index (χ3n) is 3.43. The number of rotatable bonds is 6. The molecule has 0 aliphatic rings. The Kier molecular flexibility index (Phi) is 5.46. The first kappa shape index (κ1) is 16.7. The van der Waals surface area contributed by atoms with Gasteiger partial charge in [-0.15, -0.1) is 0 Å². The quantitative estimate of drug-likeness (QED) is 0.887. The smallest absolute Gasteiger partial charge is 0.265 e. The van der Waals surface area contributed by atoms with Gasteiger partial charge < -0.3 is 19.5 Å². The maximum atomic E-state index is 12.3. The maximum Gasteiger partial charge on any atom is 0.265 e. The third kappa shape index (κ3) is 4.16. The molecule has 0 saturated carbocycles. The number of anilines is 1. The molecule has 122 valence electrons. The van der Waals surface area contributed by atoms with E-state index in [0.717, 1.165) is 5.56 Å². The minimum absolute atomic E-state index is 0.253. The molecule has 0 fully saturated rings. The van der Waals surface area contributed by atoms with Gasteiger partial charge >= 0.3 is 0 Å². The SMILES string of the molecule is COc1ccc(NC(=O)[C@@H](C)Oc2ccccc2C)c(OC)c1. The molecule has 1 amide bonds. The van der Waals surface area contributed by atoms with E-state index in [9.17, 15) is 4.79 Å². The van der Waals surface area contributed by atoms with Crippen molar-refractivity contribution < 1.29 is 19.0 Å². The lowest BCUT2D eigenvalue weighted by Crippen LogP contribution is -2.30. The van der Waals surface area contributed by atoms with Crippen LogP contribution >= 0.6 is 0 Å². The Hall–Kier alpha value is -2.69. The van der Waals surface area contributed by atoms with Crippen molar-refractivity contribution in [2.24, 2.45) is 0 Å². The first-order valence-electron chi connectivity index (χ1n) is 7.30. The molecule has 2 aromatic carbocycles. The predicted octanol–water partition coefficient (Wildman–Crippen LogP) is 3.42. The van der Waals surface area contributed by atoms with E-state index in [4.69, 9.17) is 14.2 Å². The number of hydrogen-bond donors (Lipinski definition) is 1. The number of benzene rings is 2. The molecule has 0 bridgehead atoms. The molecule has 0 spiro atoms. The number of carbonyl (C=O) groups is 1. The zero-order valence-electron chi connectivity index (χ0n) is 13.8. The average molecular weight is 315 g/mol. The summed E-state index contributed by atoms with van der Waals surface area (Å²) in [6.45, 7) is 3.64. The fraction of sp³-hybridized carbons (Fsp3) is 0.278. The minimum atomic E-state index is -0.636. The fourth-order valence-corrected chi connectivity index (χ4v) is 2.07. The molecule has 1 N–H and O–H groups in total. The molecular weight excluding hydrogens is 294 g/mol. The van der Waals surface area contributed by atoms with Crippen LogP contribution in [0.5, 0.6) is 17.2 Å². The minimum Gasteiger partial charge on any atom is -0.497 e. The van der Waals surface area contributed by atoms with Gasteiger partial charge in [-0.1, -0.05) is 18.2 Å². The van der Waals surface area contributed by atoms with Crippen molar-refractivity contribution in [2.45, 2.75) is 20.0 Å². The van der Waals surface area contributed by atoms with Crippen LogP contribution in [0.4, 0.5) is 5.69 Å². The number of nitrogens with one attached hydrogen (secondary N) is 1. The topological polar surface area (TPSA) is 56.8 Å². The summed E-state index contributed by atoms with van der Waals surface area (Å²) in [5, 5.41) is 2.81. The summed E-state index contributed by atoms with van der Waals surface area (Å²) in [5.74, 6) is 1.62. The largest absolute Gasteiger partial charge is 0.497 e. The summed E-state index contributed by atoms with van der Waals surface area (Å²) in [7, 11) is 3.11. The molecule has 0 heterocycles. The van der Waals surface area contributed by atoms with E-state index in [0.29, 0.717) is 22.9 Å². The van der Waals surface area contributed by atoms with Crippen molar-refractivity contribution in [2.75, 3.05) is 19.5 Å². The highest BCUT2D eigenvalue weighted by molar-refractivity contribution is 5.95. The second-order valence-corrected chi connectivity index (χ2v) is 5.08. The maximum absolute atomic E-state index is 12.3. The van der Waals surface area contributed by atoms with Crippen LogP contribution < -0.4 is 19.5 Å². The summed E-state index contributed by atoms with van der Waals surface area (Å²) in [4.78, 5) is 12.3. The summed E-state index contributed by atoms with van der Waals surface area (Å²) < 4.78 is 16.1. The number of aryl methyl sites for hydroxylation is 1. The van der Waals surface area contributed by atoms with Gasteiger partial charge in [-0.3, -0.25) is 4.79 Å². The number of carbonyl (C=O) groups excluding carboxylic acids is 1. The Morgan fingerprint density at radius 2 is 1.78 bits per heavy atom. The lowest BCUT2D eigenvalue weighted by molar-refractivity contribution is -0.122. The van der Waals surface area contributed by atoms with Gasteiger partial charge in [0.2, 0.25) is 0 Å². The van der Waals surface area contributed by atoms with E-state index in [2.05, 4.69) is 5.32 Å². The lowest BCUT2D eigenvalue weighted by Gasteiger charge is -2.17. The first-order chi connectivity index (χ1) is 11.0. The number of hydrogen-bond acceptors (Lipinski definition) is 4. The van der Waals surface area contributed by atoms with Crippen molar-refractivity contribution in [1.29, 1.82) is 0 Å². The number of para-hydroxylation sites is 1. The van der Waals surface area contributed by atoms with Crippen LogP contribution in [-0.2, 0) is 4.79 Å². The van der Waals surface area contributed by atoms with Crippen LogP contribution in [0.1, 0.15) is 12.5 Å². The highest BCUT2D eigenvalue weighted by Gasteiger charge is 2.17. The van der Waals surface area contributed by atoms with Gasteiger partial charge in [-0.05, 0) is 37.6 Å². The van der Waals surface area contributed by atoms with Gasteiger partial charge in [0.1, 0.15) is 17.2 Å². The van der Waals surface area contributed by atoms with Crippen molar-refractivity contribution in [1.82, 2.24) is 0 Å². The molecule has 0 aromatic heterocycles. The van der Waals surface area contributed by atoms with Crippen molar-refractivity contribution >= 4 is 11.6 Å². The summed E-state index contributed by atoms with van der Waals surface area (Å²) >= 11 is 0. The number of methoxy groups -OCH3 is 2. The Bertz CT molecular complexity index is 684. The van der Waals surface area contributed by atoms with E-state index in [-0.39, 0.29) is 5.91 Å². The van der Waals surface area contributed by atoms with Crippen molar-refractivity contribution in [3.8, 4) is 17.2 Å². The number of amides is 1. The monoisotopic (exact) mass is 315 g/mol. The highest BCUT2D eigenvalue weighted by atomic mass is 16.5. The Labute approximate surface area is 136 Å². The molecule has 0 aliphatic heterocycles. The Morgan fingerprint density at radius 3 is 2.43 bits per heavy atom. The standard InChI is InChI=1S/C18H21NO4/c1-12-7-5-6-8-16(12)23-13(2)18(20)19-15-10-9-14(21-3)11-17(15)22-4/h5-11,13H,1-4H3,(H,19,20)/t13-/m1/s1. The van der Waals surface area contributed by atoms with Gasteiger partial charge in [0.05, 0.1) is 19.9 Å². The first-order valence-corrected chi connectivity index (χ1v) is 7.30. The molecule has 0 aliphatic carbocycles. The van der Waals surface area contributed by atoms with Gasteiger partial charge in [0.25, 0.3) is 5.91 Å². The van der Waals surface area contributed by atoms with E-state index in [1.165, 1.54) is 7.11 Å². The van der Waals surface area contributed by atoms with Crippen LogP contribution in [0.25, 0.3) is 0 Å². The molecule has 5 nitrogen and oxygen atoms in total. The van der Waals surface area contributed by atoms with E-state index in [1.807, 2.05) is 31.2 Å². The lowest BCUT2D eigenvalue weighted by atomic mass is 10.2. The van der Waals surface area contributed by atoms with E-state index < -0.39 is 6.10 Å². The molecule has 5 heteroatoms. The predicted molar refractivity (Wildman–Crippen MR) is 89.4 cm³/mol. The van der Waals surface area contributed by atoms with Crippen LogP contribution in [0, 0.1) is 6.92 Å². The normalized spacial score (nSPS) is 11.5. The van der Waals surface area contributed by atoms with Crippen molar-refractivity contribution in [3.63, 3.8) is 0 Å². The summed E-state index contributed by atoms with van der Waals surface area (Å²) in [6, 6.07) is 12.8. The molecule has 1 atom stereocenters. The molecule has 0 radical (unpaired) electrons. The fourth-order valence-electron chi connectivity index (χ4n) is 2.07. The average Bonchev–Trinajstić information content (AvgIpc) is 2.57. The van der Waals surface area contributed by atoms with Crippen LogP contribution in [0.2, 0.25) is 0 Å². The van der Waals surface area contributed by atoms with Crippen LogP contribution in [0.15, 0.2) is 42.5 Å². The molecule has 23 heavy (non-hydrogen) atoms. The molecule has 0 saturated heterocycles. The van der Waals surface area contributed by atoms with E-state index >= 15 is 0 Å². The van der Waals surface area contributed by atoms with Crippen molar-refractivity contribution in [3.05, 3.63) is 48.0 Å². The van der Waals surface area contributed by atoms with E-state index in [1.54, 1.807) is 32.2 Å². The Balaban J connectivity index is 2.08. The Morgan fingerprint density at radius 1 is 1.04 bits per heavy atom.